The van der Waals surface area contributed by atoms with E-state index in [1.54, 1.807) is 0 Å². The molecule has 0 saturated carbocycles. The van der Waals surface area contributed by atoms with Gasteiger partial charge in [0.2, 0.25) is 0 Å². The minimum Gasteiger partial charge on any atom is -0.477 e. The standard InChI is InChI=1S/C8H10N2O4/c1-14-3-2-6-9-4-5(8(12)13)7(11)10-6/h4H,2-3H2,1H3,(H,12,13)(H,9,10,11). The number of hydrogen-bond acceptors (Lipinski definition) is 4. The van der Waals surface area contributed by atoms with Crippen LogP contribution >= 0.6 is 0 Å². The molecule has 76 valence electrons. The SMILES string of the molecule is COCCc1ncc(C(=O)O)c(=O)[nH]1. The normalized spacial score (nSPS) is 10.1. The van der Waals surface area contributed by atoms with E-state index in [2.05, 4.69) is 9.97 Å². The number of nitrogens with one attached hydrogen (secondary N) is 1. The van der Waals surface area contributed by atoms with Crippen molar-refractivity contribution in [2.24, 2.45) is 0 Å². The predicted octanol–water partition coefficient (Wildman–Crippen LogP) is -0.343. The van der Waals surface area contributed by atoms with Crippen molar-refractivity contribution < 1.29 is 14.6 Å². The maximum atomic E-state index is 11.1. The van der Waals surface area contributed by atoms with E-state index in [1.807, 2.05) is 0 Å². The number of nitrogens with zero attached hydrogens (tertiary/aromatic N) is 1. The molecular weight excluding hydrogens is 188 g/mol. The lowest BCUT2D eigenvalue weighted by atomic mass is 10.3. The molecule has 0 bridgehead atoms. The molecule has 0 amide bonds. The summed E-state index contributed by atoms with van der Waals surface area (Å²) in [7, 11) is 1.53. The Morgan fingerprint density at radius 2 is 2.43 bits per heavy atom. The fraction of sp³-hybridized carbons (Fsp3) is 0.375. The van der Waals surface area contributed by atoms with Crippen LogP contribution in [0.3, 0.4) is 0 Å². The Morgan fingerprint density at radius 1 is 1.71 bits per heavy atom. The molecule has 1 rings (SSSR count). The van der Waals surface area contributed by atoms with Crippen molar-refractivity contribution in [3.05, 3.63) is 27.9 Å². The fourth-order valence-corrected chi connectivity index (χ4v) is 0.910. The lowest BCUT2D eigenvalue weighted by Gasteiger charge is -1.99. The van der Waals surface area contributed by atoms with Crippen LogP contribution in [0.1, 0.15) is 16.2 Å². The van der Waals surface area contributed by atoms with Crippen molar-refractivity contribution in [3.8, 4) is 0 Å². The topological polar surface area (TPSA) is 92.3 Å². The van der Waals surface area contributed by atoms with E-state index in [9.17, 15) is 9.59 Å². The zero-order valence-corrected chi connectivity index (χ0v) is 7.61. The Bertz CT molecular complexity index is 385. The number of H-pyrrole nitrogens is 1. The van der Waals surface area contributed by atoms with E-state index in [1.165, 1.54) is 7.11 Å². The Morgan fingerprint density at radius 3 is 2.93 bits per heavy atom. The highest BCUT2D eigenvalue weighted by Gasteiger charge is 2.09. The number of rotatable bonds is 4. The monoisotopic (exact) mass is 198 g/mol. The first-order valence-corrected chi connectivity index (χ1v) is 3.95. The summed E-state index contributed by atoms with van der Waals surface area (Å²) in [4.78, 5) is 27.7. The number of aromatic nitrogens is 2. The summed E-state index contributed by atoms with van der Waals surface area (Å²) in [6.07, 6.45) is 1.50. The van der Waals surface area contributed by atoms with Crippen molar-refractivity contribution in [3.63, 3.8) is 0 Å². The molecule has 0 unspecified atom stereocenters. The molecule has 6 heteroatoms. The summed E-state index contributed by atoms with van der Waals surface area (Å²) >= 11 is 0. The average Bonchev–Trinajstić information content (AvgIpc) is 2.14. The molecular formula is C8H10N2O4. The number of ether oxygens (including phenoxy) is 1. The van der Waals surface area contributed by atoms with Gasteiger partial charge in [0.15, 0.2) is 0 Å². The second-order valence-corrected chi connectivity index (χ2v) is 2.62. The minimum atomic E-state index is -1.28. The molecule has 0 atom stereocenters. The molecule has 6 nitrogen and oxygen atoms in total. The maximum absolute atomic E-state index is 11.1. The van der Waals surface area contributed by atoms with Crippen LogP contribution in [0.25, 0.3) is 0 Å². The summed E-state index contributed by atoms with van der Waals surface area (Å²) in [6, 6.07) is 0. The first kappa shape index (κ1) is 10.4. The number of carboxylic acids is 1. The lowest BCUT2D eigenvalue weighted by molar-refractivity contribution is 0.0694. The quantitative estimate of drug-likeness (QED) is 0.690. The van der Waals surface area contributed by atoms with Gasteiger partial charge in [-0.05, 0) is 0 Å². The average molecular weight is 198 g/mol. The third-order valence-corrected chi connectivity index (χ3v) is 1.63. The van der Waals surface area contributed by atoms with Crippen molar-refractivity contribution >= 4 is 5.97 Å². The van der Waals surface area contributed by atoms with Crippen LogP contribution in [-0.4, -0.2) is 34.8 Å². The fourth-order valence-electron chi connectivity index (χ4n) is 0.910. The molecule has 0 radical (unpaired) electrons. The molecule has 0 aromatic carbocycles. The van der Waals surface area contributed by atoms with Crippen LogP contribution in [-0.2, 0) is 11.2 Å². The number of hydrogen-bond donors (Lipinski definition) is 2. The second-order valence-electron chi connectivity index (χ2n) is 2.62. The molecule has 0 aliphatic heterocycles. The summed E-state index contributed by atoms with van der Waals surface area (Å²) in [5.41, 5.74) is -0.996. The van der Waals surface area contributed by atoms with Crippen molar-refractivity contribution in [2.75, 3.05) is 13.7 Å². The lowest BCUT2D eigenvalue weighted by Crippen LogP contribution is -2.20. The Kier molecular flexibility index (Phi) is 3.35. The van der Waals surface area contributed by atoms with E-state index >= 15 is 0 Å². The molecule has 0 spiro atoms. The van der Waals surface area contributed by atoms with Crippen LogP contribution in [0.15, 0.2) is 11.0 Å². The van der Waals surface area contributed by atoms with Crippen LogP contribution in [0.5, 0.6) is 0 Å². The van der Waals surface area contributed by atoms with Crippen LogP contribution in [0.2, 0.25) is 0 Å². The first-order chi connectivity index (χ1) is 6.65. The van der Waals surface area contributed by atoms with Gasteiger partial charge in [-0.25, -0.2) is 9.78 Å². The number of methoxy groups -OCH3 is 1. The number of carboxylic acid groups (broad SMARTS) is 1. The van der Waals surface area contributed by atoms with Gasteiger partial charge in [-0.1, -0.05) is 0 Å². The third-order valence-electron chi connectivity index (χ3n) is 1.63. The van der Waals surface area contributed by atoms with Crippen LogP contribution < -0.4 is 5.56 Å². The van der Waals surface area contributed by atoms with E-state index in [-0.39, 0.29) is 5.56 Å². The van der Waals surface area contributed by atoms with Gasteiger partial charge < -0.3 is 14.8 Å². The molecule has 1 aromatic heterocycles. The van der Waals surface area contributed by atoms with E-state index in [0.29, 0.717) is 18.9 Å². The molecule has 1 aromatic rings. The van der Waals surface area contributed by atoms with Crippen molar-refractivity contribution in [2.45, 2.75) is 6.42 Å². The van der Waals surface area contributed by atoms with Crippen LogP contribution in [0, 0.1) is 0 Å². The van der Waals surface area contributed by atoms with Gasteiger partial charge >= 0.3 is 5.97 Å². The van der Waals surface area contributed by atoms with Crippen molar-refractivity contribution in [1.29, 1.82) is 0 Å². The van der Waals surface area contributed by atoms with E-state index in [4.69, 9.17) is 9.84 Å². The number of aromatic amines is 1. The highest BCUT2D eigenvalue weighted by Crippen LogP contribution is 1.91. The molecule has 14 heavy (non-hydrogen) atoms. The van der Waals surface area contributed by atoms with Gasteiger partial charge in [0.05, 0.1) is 6.61 Å². The second kappa shape index (κ2) is 4.52. The maximum Gasteiger partial charge on any atom is 0.342 e. The predicted molar refractivity (Wildman–Crippen MR) is 47.4 cm³/mol. The smallest absolute Gasteiger partial charge is 0.342 e. The Balaban J connectivity index is 2.89. The molecule has 2 N–H and O–H groups in total. The Labute approximate surface area is 79.6 Å². The highest BCUT2D eigenvalue weighted by atomic mass is 16.5. The van der Waals surface area contributed by atoms with E-state index in [0.717, 1.165) is 6.20 Å². The molecule has 1 heterocycles. The van der Waals surface area contributed by atoms with Gasteiger partial charge in [-0.2, -0.15) is 0 Å². The van der Waals surface area contributed by atoms with Gasteiger partial charge in [0.25, 0.3) is 5.56 Å². The van der Waals surface area contributed by atoms with Gasteiger partial charge in [0.1, 0.15) is 11.4 Å². The minimum absolute atomic E-state index is 0.355. The summed E-state index contributed by atoms with van der Waals surface area (Å²) in [6.45, 7) is 0.426. The molecule has 0 aliphatic rings. The Hall–Kier alpha value is -1.69. The van der Waals surface area contributed by atoms with Gasteiger partial charge in [-0.3, -0.25) is 4.79 Å². The first-order valence-electron chi connectivity index (χ1n) is 3.95. The molecule has 0 fully saturated rings. The number of aromatic carboxylic acids is 1. The van der Waals surface area contributed by atoms with E-state index < -0.39 is 11.5 Å². The highest BCUT2D eigenvalue weighted by molar-refractivity contribution is 5.86. The van der Waals surface area contributed by atoms with Gasteiger partial charge in [-0.15, -0.1) is 0 Å². The summed E-state index contributed by atoms with van der Waals surface area (Å²) in [5, 5.41) is 8.55. The largest absolute Gasteiger partial charge is 0.477 e. The van der Waals surface area contributed by atoms with Gasteiger partial charge in [0, 0.05) is 19.7 Å². The number of carbonyl (C=O) groups is 1. The zero-order chi connectivity index (χ0) is 10.6. The molecule has 0 aliphatic carbocycles. The van der Waals surface area contributed by atoms with Crippen molar-refractivity contribution in [1.82, 2.24) is 9.97 Å². The summed E-state index contributed by atoms with van der Waals surface area (Å²) in [5.74, 6) is -0.862. The van der Waals surface area contributed by atoms with Crippen LogP contribution in [0.4, 0.5) is 0 Å². The summed E-state index contributed by atoms with van der Waals surface area (Å²) < 4.78 is 4.78. The third kappa shape index (κ3) is 2.40. The zero-order valence-electron chi connectivity index (χ0n) is 7.61. The molecule has 0 saturated heterocycles.